The molecule has 0 unspecified atom stereocenters. The molecular formula is C13H11NOS. The van der Waals surface area contributed by atoms with E-state index in [0.29, 0.717) is 0 Å². The summed E-state index contributed by atoms with van der Waals surface area (Å²) in [5, 5.41) is 3.45. The minimum Gasteiger partial charge on any atom is -0.496 e. The van der Waals surface area contributed by atoms with Gasteiger partial charge in [-0.25, -0.2) is 4.99 Å². The van der Waals surface area contributed by atoms with Crippen LogP contribution in [0.5, 0.6) is 5.75 Å². The third-order valence-electron chi connectivity index (χ3n) is 2.84. The van der Waals surface area contributed by atoms with E-state index >= 15 is 0 Å². The van der Waals surface area contributed by atoms with Crippen LogP contribution in [-0.2, 0) is 0 Å². The molecule has 1 aliphatic rings. The first-order chi connectivity index (χ1) is 7.85. The van der Waals surface area contributed by atoms with Crippen molar-refractivity contribution in [2.45, 2.75) is 0 Å². The number of hydrogen-bond acceptors (Lipinski definition) is 3. The van der Waals surface area contributed by atoms with Crippen molar-refractivity contribution in [3.05, 3.63) is 35.9 Å². The van der Waals surface area contributed by atoms with Gasteiger partial charge in [0, 0.05) is 16.3 Å². The molecule has 0 amide bonds. The van der Waals surface area contributed by atoms with E-state index in [1.165, 1.54) is 10.9 Å². The Morgan fingerprint density at radius 1 is 1.19 bits per heavy atom. The summed E-state index contributed by atoms with van der Waals surface area (Å²) in [6.45, 7) is 0. The predicted molar refractivity (Wildman–Crippen MR) is 70.2 cm³/mol. The predicted octanol–water partition coefficient (Wildman–Crippen LogP) is 3.60. The van der Waals surface area contributed by atoms with Gasteiger partial charge in [0.15, 0.2) is 0 Å². The number of thioether (sulfide) groups is 1. The average molecular weight is 229 g/mol. The SMILES string of the molecule is COc1ccc2c3c(cccc13)N=C2SC. The summed E-state index contributed by atoms with van der Waals surface area (Å²) in [6.07, 6.45) is 2.06. The number of nitrogens with zero attached hydrogens (tertiary/aromatic N) is 1. The van der Waals surface area contributed by atoms with Crippen molar-refractivity contribution in [3.8, 4) is 5.75 Å². The fourth-order valence-corrected chi connectivity index (χ4v) is 2.71. The van der Waals surface area contributed by atoms with Crippen molar-refractivity contribution in [3.63, 3.8) is 0 Å². The fourth-order valence-electron chi connectivity index (χ4n) is 2.14. The molecule has 0 spiro atoms. The molecule has 0 saturated carbocycles. The second-order valence-electron chi connectivity index (χ2n) is 3.64. The molecule has 0 aliphatic carbocycles. The molecule has 80 valence electrons. The number of ether oxygens (including phenoxy) is 1. The number of hydrogen-bond donors (Lipinski definition) is 0. The van der Waals surface area contributed by atoms with Gasteiger partial charge in [-0.05, 0) is 24.5 Å². The Morgan fingerprint density at radius 2 is 2.06 bits per heavy atom. The molecule has 16 heavy (non-hydrogen) atoms. The summed E-state index contributed by atoms with van der Waals surface area (Å²) < 4.78 is 5.38. The molecule has 0 radical (unpaired) electrons. The van der Waals surface area contributed by atoms with Crippen LogP contribution in [0.3, 0.4) is 0 Å². The van der Waals surface area contributed by atoms with Gasteiger partial charge in [-0.15, -0.1) is 11.8 Å². The standard InChI is InChI=1S/C13H11NOS/c1-15-11-7-6-9-12-8(11)4-3-5-10(12)14-13(9)16-2/h3-7H,1-2H3. The van der Waals surface area contributed by atoms with E-state index in [-0.39, 0.29) is 0 Å². The summed E-state index contributed by atoms with van der Waals surface area (Å²) in [5.41, 5.74) is 2.27. The minimum atomic E-state index is 0.915. The highest BCUT2D eigenvalue weighted by Gasteiger charge is 2.19. The maximum Gasteiger partial charge on any atom is 0.126 e. The first kappa shape index (κ1) is 9.73. The van der Waals surface area contributed by atoms with Crippen molar-refractivity contribution in [2.75, 3.05) is 13.4 Å². The maximum atomic E-state index is 5.38. The molecule has 2 nitrogen and oxygen atoms in total. The van der Waals surface area contributed by atoms with Crippen LogP contribution in [-0.4, -0.2) is 18.4 Å². The summed E-state index contributed by atoms with van der Waals surface area (Å²) >= 11 is 1.68. The highest BCUT2D eigenvalue weighted by Crippen LogP contribution is 2.41. The van der Waals surface area contributed by atoms with Crippen LogP contribution in [0.15, 0.2) is 35.3 Å². The van der Waals surface area contributed by atoms with Gasteiger partial charge in [0.2, 0.25) is 0 Å². The molecule has 1 aliphatic heterocycles. The van der Waals surface area contributed by atoms with Gasteiger partial charge < -0.3 is 4.74 Å². The smallest absolute Gasteiger partial charge is 0.126 e. The van der Waals surface area contributed by atoms with Gasteiger partial charge in [0.05, 0.1) is 12.8 Å². The second-order valence-corrected chi connectivity index (χ2v) is 4.43. The van der Waals surface area contributed by atoms with Gasteiger partial charge in [0.25, 0.3) is 0 Å². The van der Waals surface area contributed by atoms with E-state index in [2.05, 4.69) is 29.4 Å². The van der Waals surface area contributed by atoms with Crippen molar-refractivity contribution < 1.29 is 4.74 Å². The highest BCUT2D eigenvalue weighted by atomic mass is 32.2. The van der Waals surface area contributed by atoms with E-state index in [9.17, 15) is 0 Å². The van der Waals surface area contributed by atoms with E-state index in [1.54, 1.807) is 18.9 Å². The molecule has 3 rings (SSSR count). The van der Waals surface area contributed by atoms with Crippen LogP contribution in [0.2, 0.25) is 0 Å². The fraction of sp³-hybridized carbons (Fsp3) is 0.154. The third-order valence-corrected chi connectivity index (χ3v) is 3.54. The first-order valence-corrected chi connectivity index (χ1v) is 6.30. The number of rotatable bonds is 1. The molecule has 3 heteroatoms. The Kier molecular flexibility index (Phi) is 2.14. The lowest BCUT2D eigenvalue weighted by atomic mass is 10.0. The zero-order valence-electron chi connectivity index (χ0n) is 9.15. The van der Waals surface area contributed by atoms with Crippen molar-refractivity contribution in [2.24, 2.45) is 4.99 Å². The number of benzene rings is 2. The van der Waals surface area contributed by atoms with Gasteiger partial charge in [-0.1, -0.05) is 12.1 Å². The quantitative estimate of drug-likeness (QED) is 0.745. The van der Waals surface area contributed by atoms with Gasteiger partial charge in [-0.3, -0.25) is 0 Å². The molecule has 0 saturated heterocycles. The first-order valence-electron chi connectivity index (χ1n) is 5.08. The van der Waals surface area contributed by atoms with Crippen LogP contribution < -0.4 is 4.74 Å². The Bertz CT molecular complexity index is 604. The monoisotopic (exact) mass is 229 g/mol. The lowest BCUT2D eigenvalue weighted by Gasteiger charge is -2.07. The number of methoxy groups -OCH3 is 1. The average Bonchev–Trinajstić information content (AvgIpc) is 2.70. The van der Waals surface area contributed by atoms with Gasteiger partial charge in [0.1, 0.15) is 10.8 Å². The van der Waals surface area contributed by atoms with Crippen LogP contribution in [0.4, 0.5) is 5.69 Å². The van der Waals surface area contributed by atoms with Crippen LogP contribution >= 0.6 is 11.8 Å². The summed E-state index contributed by atoms with van der Waals surface area (Å²) in [6, 6.07) is 10.3. The zero-order valence-corrected chi connectivity index (χ0v) is 9.97. The van der Waals surface area contributed by atoms with Crippen LogP contribution in [0.1, 0.15) is 5.56 Å². The zero-order chi connectivity index (χ0) is 11.1. The molecule has 0 aromatic heterocycles. The third kappa shape index (κ3) is 1.18. The molecule has 1 heterocycles. The van der Waals surface area contributed by atoms with E-state index in [1.807, 2.05) is 12.1 Å². The highest BCUT2D eigenvalue weighted by molar-refractivity contribution is 8.13. The molecule has 0 fully saturated rings. The Morgan fingerprint density at radius 3 is 2.81 bits per heavy atom. The van der Waals surface area contributed by atoms with Crippen molar-refractivity contribution >= 4 is 33.3 Å². The molecule has 2 aromatic carbocycles. The molecular weight excluding hydrogens is 218 g/mol. The largest absolute Gasteiger partial charge is 0.496 e. The maximum absolute atomic E-state index is 5.38. The Hall–Kier alpha value is -1.48. The van der Waals surface area contributed by atoms with E-state index < -0.39 is 0 Å². The van der Waals surface area contributed by atoms with Crippen molar-refractivity contribution in [1.82, 2.24) is 0 Å². The van der Waals surface area contributed by atoms with E-state index in [4.69, 9.17) is 4.74 Å². The minimum absolute atomic E-state index is 0.915. The summed E-state index contributed by atoms with van der Waals surface area (Å²) in [5.74, 6) is 0.915. The number of aliphatic imine (C=N–C) groups is 1. The van der Waals surface area contributed by atoms with Gasteiger partial charge >= 0.3 is 0 Å². The Labute approximate surface area is 98.3 Å². The van der Waals surface area contributed by atoms with Crippen LogP contribution in [0.25, 0.3) is 10.8 Å². The summed E-state index contributed by atoms with van der Waals surface area (Å²) in [4.78, 5) is 4.61. The lowest BCUT2D eigenvalue weighted by molar-refractivity contribution is 0.420. The van der Waals surface area contributed by atoms with Crippen molar-refractivity contribution in [1.29, 1.82) is 0 Å². The summed E-state index contributed by atoms with van der Waals surface area (Å²) in [7, 11) is 1.70. The molecule has 0 atom stereocenters. The molecule has 0 N–H and O–H groups in total. The normalized spacial score (nSPS) is 13.0. The Balaban J connectivity index is 2.41. The molecule has 0 bridgehead atoms. The molecule has 2 aromatic rings. The van der Waals surface area contributed by atoms with E-state index in [0.717, 1.165) is 21.9 Å². The lowest BCUT2D eigenvalue weighted by Crippen LogP contribution is -1.91. The topological polar surface area (TPSA) is 21.6 Å². The van der Waals surface area contributed by atoms with Crippen LogP contribution in [0, 0.1) is 0 Å². The van der Waals surface area contributed by atoms with Gasteiger partial charge in [-0.2, -0.15) is 0 Å². The second kappa shape index (κ2) is 3.52.